The molecule has 0 bridgehead atoms. The molecule has 0 unspecified atom stereocenters. The van der Waals surface area contributed by atoms with E-state index in [9.17, 15) is 4.39 Å². The molecule has 0 aliphatic rings. The number of hydrogen-bond donors (Lipinski definition) is 1. The van der Waals surface area contributed by atoms with Gasteiger partial charge in [0.15, 0.2) is 0 Å². The zero-order valence-corrected chi connectivity index (χ0v) is 11.2. The Hall–Kier alpha value is -1.46. The van der Waals surface area contributed by atoms with Gasteiger partial charge in [-0.3, -0.25) is 0 Å². The second-order valence-corrected chi connectivity index (χ2v) is 4.66. The molecule has 0 atom stereocenters. The van der Waals surface area contributed by atoms with Crippen molar-refractivity contribution in [2.45, 2.75) is 13.2 Å². The van der Waals surface area contributed by atoms with Crippen LogP contribution in [0.5, 0.6) is 5.88 Å². The van der Waals surface area contributed by atoms with E-state index in [1.807, 2.05) is 24.3 Å². The number of pyridine rings is 1. The van der Waals surface area contributed by atoms with E-state index in [4.69, 9.17) is 10.5 Å². The van der Waals surface area contributed by atoms with Crippen LogP contribution in [0.25, 0.3) is 0 Å². The van der Waals surface area contributed by atoms with Gasteiger partial charge in [0, 0.05) is 16.6 Å². The number of aromatic nitrogens is 1. The minimum atomic E-state index is -0.412. The molecule has 0 saturated heterocycles. The van der Waals surface area contributed by atoms with E-state index in [0.717, 1.165) is 16.2 Å². The molecule has 0 amide bonds. The fourth-order valence-corrected chi connectivity index (χ4v) is 1.97. The molecule has 0 aliphatic heterocycles. The maximum Gasteiger partial charge on any atom is 0.218 e. The number of ether oxygens (including phenoxy) is 1. The molecule has 94 valence electrons. The minimum Gasteiger partial charge on any atom is -0.473 e. The molecule has 1 heterocycles. The van der Waals surface area contributed by atoms with Crippen molar-refractivity contribution in [3.05, 3.63) is 57.9 Å². The summed E-state index contributed by atoms with van der Waals surface area (Å²) in [4.78, 5) is 3.90. The Balaban J connectivity index is 2.10. The molecular formula is C13H12BrFN2O. The molecular weight excluding hydrogens is 299 g/mol. The number of nitrogens with two attached hydrogens (primary N) is 1. The zero-order chi connectivity index (χ0) is 13.0. The predicted molar refractivity (Wildman–Crippen MR) is 70.6 cm³/mol. The highest BCUT2D eigenvalue weighted by molar-refractivity contribution is 9.10. The predicted octanol–water partition coefficient (Wildman–Crippen LogP) is 3.02. The molecule has 0 spiro atoms. The Morgan fingerprint density at radius 1 is 1.33 bits per heavy atom. The Morgan fingerprint density at radius 3 is 2.89 bits per heavy atom. The van der Waals surface area contributed by atoms with Crippen LogP contribution >= 0.6 is 15.9 Å². The number of rotatable bonds is 4. The lowest BCUT2D eigenvalue weighted by Gasteiger charge is -2.09. The Bertz CT molecular complexity index is 548. The van der Waals surface area contributed by atoms with Gasteiger partial charge in [-0.25, -0.2) is 9.37 Å². The number of halogens is 2. The topological polar surface area (TPSA) is 48.1 Å². The van der Waals surface area contributed by atoms with Crippen molar-refractivity contribution in [3.8, 4) is 5.88 Å². The van der Waals surface area contributed by atoms with Crippen LogP contribution in [0.4, 0.5) is 4.39 Å². The van der Waals surface area contributed by atoms with Gasteiger partial charge in [-0.2, -0.15) is 0 Å². The lowest BCUT2D eigenvalue weighted by molar-refractivity contribution is 0.289. The van der Waals surface area contributed by atoms with Crippen molar-refractivity contribution in [3.63, 3.8) is 0 Å². The molecule has 2 rings (SSSR count). The summed E-state index contributed by atoms with van der Waals surface area (Å²) in [6.07, 6.45) is 1.12. The van der Waals surface area contributed by atoms with E-state index in [-0.39, 0.29) is 6.54 Å². The van der Waals surface area contributed by atoms with Crippen LogP contribution in [0.2, 0.25) is 0 Å². The molecule has 2 N–H and O–H groups in total. The summed E-state index contributed by atoms with van der Waals surface area (Å²) >= 11 is 3.39. The number of benzene rings is 1. The van der Waals surface area contributed by atoms with Gasteiger partial charge in [0.25, 0.3) is 0 Å². The van der Waals surface area contributed by atoms with E-state index in [1.165, 1.54) is 6.07 Å². The van der Waals surface area contributed by atoms with Crippen LogP contribution in [-0.4, -0.2) is 4.98 Å². The number of hydrogen-bond acceptors (Lipinski definition) is 3. The van der Waals surface area contributed by atoms with Gasteiger partial charge < -0.3 is 10.5 Å². The third kappa shape index (κ3) is 3.27. The lowest BCUT2D eigenvalue weighted by atomic mass is 10.2. The first kappa shape index (κ1) is 13.0. The SMILES string of the molecule is NCc1cc(F)cnc1OCc1cccc(Br)c1. The van der Waals surface area contributed by atoms with E-state index >= 15 is 0 Å². The smallest absolute Gasteiger partial charge is 0.218 e. The number of nitrogens with zero attached hydrogens (tertiary/aromatic N) is 1. The molecule has 0 saturated carbocycles. The van der Waals surface area contributed by atoms with E-state index in [2.05, 4.69) is 20.9 Å². The van der Waals surface area contributed by atoms with Crippen LogP contribution in [0.3, 0.4) is 0 Å². The zero-order valence-electron chi connectivity index (χ0n) is 9.57. The fourth-order valence-electron chi connectivity index (χ4n) is 1.52. The van der Waals surface area contributed by atoms with Crippen molar-refractivity contribution < 1.29 is 9.13 Å². The quantitative estimate of drug-likeness (QED) is 0.944. The normalized spacial score (nSPS) is 10.4. The van der Waals surface area contributed by atoms with Gasteiger partial charge >= 0.3 is 0 Å². The Kier molecular flexibility index (Phi) is 4.28. The fraction of sp³-hybridized carbons (Fsp3) is 0.154. The first-order chi connectivity index (χ1) is 8.69. The standard InChI is InChI=1S/C13H12BrFN2O/c14-11-3-1-2-9(4-11)8-18-13-10(6-16)5-12(15)7-17-13/h1-5,7H,6,8,16H2. The lowest BCUT2D eigenvalue weighted by Crippen LogP contribution is -2.05. The van der Waals surface area contributed by atoms with Crippen molar-refractivity contribution >= 4 is 15.9 Å². The first-order valence-electron chi connectivity index (χ1n) is 5.41. The van der Waals surface area contributed by atoms with Crippen LogP contribution in [0.1, 0.15) is 11.1 Å². The maximum atomic E-state index is 13.0. The van der Waals surface area contributed by atoms with Crippen LogP contribution in [0.15, 0.2) is 41.0 Å². The molecule has 1 aromatic heterocycles. The largest absolute Gasteiger partial charge is 0.473 e. The van der Waals surface area contributed by atoms with Gasteiger partial charge in [0.1, 0.15) is 12.4 Å². The van der Waals surface area contributed by atoms with Gasteiger partial charge in [-0.15, -0.1) is 0 Å². The van der Waals surface area contributed by atoms with Gasteiger partial charge in [0.05, 0.1) is 6.20 Å². The summed E-state index contributed by atoms with van der Waals surface area (Å²) in [6.45, 7) is 0.559. The molecule has 5 heteroatoms. The van der Waals surface area contributed by atoms with Crippen LogP contribution in [-0.2, 0) is 13.2 Å². The second-order valence-electron chi connectivity index (χ2n) is 3.74. The van der Waals surface area contributed by atoms with Gasteiger partial charge in [-0.05, 0) is 23.8 Å². The average molecular weight is 311 g/mol. The highest BCUT2D eigenvalue weighted by Crippen LogP contribution is 2.18. The van der Waals surface area contributed by atoms with E-state index in [1.54, 1.807) is 0 Å². The molecule has 3 nitrogen and oxygen atoms in total. The van der Waals surface area contributed by atoms with Gasteiger partial charge in [0.2, 0.25) is 5.88 Å². The van der Waals surface area contributed by atoms with E-state index in [0.29, 0.717) is 18.1 Å². The summed E-state index contributed by atoms with van der Waals surface area (Å²) < 4.78 is 19.5. The third-order valence-corrected chi connectivity index (χ3v) is 2.87. The summed E-state index contributed by atoms with van der Waals surface area (Å²) in [5, 5.41) is 0. The molecule has 0 radical (unpaired) electrons. The summed E-state index contributed by atoms with van der Waals surface area (Å²) in [5.74, 6) is -0.0378. The monoisotopic (exact) mass is 310 g/mol. The highest BCUT2D eigenvalue weighted by Gasteiger charge is 2.06. The molecule has 2 aromatic rings. The van der Waals surface area contributed by atoms with Crippen LogP contribution in [0, 0.1) is 5.82 Å². The molecule has 1 aromatic carbocycles. The summed E-state index contributed by atoms with van der Waals surface area (Å²) in [6, 6.07) is 9.08. The molecule has 18 heavy (non-hydrogen) atoms. The van der Waals surface area contributed by atoms with Crippen molar-refractivity contribution in [1.29, 1.82) is 0 Å². The second kappa shape index (κ2) is 5.93. The first-order valence-corrected chi connectivity index (χ1v) is 6.20. The Morgan fingerprint density at radius 2 is 2.17 bits per heavy atom. The van der Waals surface area contributed by atoms with Crippen molar-refractivity contribution in [2.75, 3.05) is 0 Å². The summed E-state index contributed by atoms with van der Waals surface area (Å²) in [5.41, 5.74) is 7.08. The summed E-state index contributed by atoms with van der Waals surface area (Å²) in [7, 11) is 0. The van der Waals surface area contributed by atoms with Crippen molar-refractivity contribution in [2.24, 2.45) is 5.73 Å². The minimum absolute atomic E-state index is 0.193. The van der Waals surface area contributed by atoms with Crippen molar-refractivity contribution in [1.82, 2.24) is 4.98 Å². The van der Waals surface area contributed by atoms with E-state index < -0.39 is 5.82 Å². The molecule has 0 aliphatic carbocycles. The third-order valence-electron chi connectivity index (χ3n) is 2.38. The highest BCUT2D eigenvalue weighted by atomic mass is 79.9. The van der Waals surface area contributed by atoms with Gasteiger partial charge in [-0.1, -0.05) is 28.1 Å². The average Bonchev–Trinajstić information content (AvgIpc) is 2.37. The van der Waals surface area contributed by atoms with Crippen LogP contribution < -0.4 is 10.5 Å². The Labute approximate surface area is 113 Å². The maximum absolute atomic E-state index is 13.0. The molecule has 0 fully saturated rings.